The number of aromatic hydroxyl groups is 1. The normalized spacial score (nSPS) is 9.58. The molecule has 0 aliphatic rings. The van der Waals surface area contributed by atoms with Gasteiger partial charge in [0.05, 0.1) is 0 Å². The molecule has 12 rings (SSSR count). The Morgan fingerprint density at radius 2 is 0.671 bits per heavy atom. The van der Waals surface area contributed by atoms with E-state index in [1.807, 2.05) is 102 Å². The van der Waals surface area contributed by atoms with Crippen molar-refractivity contribution in [2.75, 3.05) is 5.73 Å². The van der Waals surface area contributed by atoms with E-state index >= 15 is 0 Å². The van der Waals surface area contributed by atoms with Crippen LogP contribution in [0.25, 0.3) is 64.8 Å². The number of carbonyl (C=O) groups is 1. The summed E-state index contributed by atoms with van der Waals surface area (Å²) < 4.78 is 0. The summed E-state index contributed by atoms with van der Waals surface area (Å²) in [7, 11) is 0. The molecule has 0 saturated heterocycles. The van der Waals surface area contributed by atoms with Gasteiger partial charge in [-0.1, -0.05) is 37.1 Å². The van der Waals surface area contributed by atoms with Crippen molar-refractivity contribution >= 4 is 118 Å². The van der Waals surface area contributed by atoms with Crippen molar-refractivity contribution in [1.82, 2.24) is 29.9 Å². The zero-order chi connectivity index (χ0) is 57.2. The largest absolute Gasteiger partial charge is 0 e. The average molecular weight is 1200 g/mol. The summed E-state index contributed by atoms with van der Waals surface area (Å²) in [5.41, 5.74) is 29.8. The molecule has 0 aliphatic heterocycles. The molecule has 0 amide bonds. The fourth-order valence-corrected chi connectivity index (χ4v) is 9.63. The van der Waals surface area contributed by atoms with Crippen LogP contribution in [0.3, 0.4) is 0 Å². The zero-order valence-electron chi connectivity index (χ0n) is 48.6. The summed E-state index contributed by atoms with van der Waals surface area (Å²) in [6.07, 6.45) is 10.7. The van der Waals surface area contributed by atoms with E-state index in [2.05, 4.69) is 144 Å². The van der Waals surface area contributed by atoms with Gasteiger partial charge in [-0.05, 0) is 0 Å². The minimum absolute atomic E-state index is 0. The van der Waals surface area contributed by atoms with Crippen LogP contribution in [0.1, 0.15) is 125 Å². The van der Waals surface area contributed by atoms with E-state index in [4.69, 9.17) is 10.8 Å². The number of carboxylic acid groups (broad SMARTS) is 1. The summed E-state index contributed by atoms with van der Waals surface area (Å²) in [4.78, 5) is 36.9. The third kappa shape index (κ3) is 17.9. The van der Waals surface area contributed by atoms with Crippen LogP contribution in [0, 0.1) is 96.9 Å². The maximum Gasteiger partial charge on any atom is 0 e. The predicted octanol–water partition coefficient (Wildman–Crippen LogP) is 15.9. The second-order valence-corrected chi connectivity index (χ2v) is 20.3. The van der Waals surface area contributed by atoms with E-state index in [9.17, 15) is 9.90 Å². The van der Waals surface area contributed by atoms with Crippen LogP contribution in [-0.2, 0) is 32.7 Å². The molecule has 0 spiro atoms. The van der Waals surface area contributed by atoms with Gasteiger partial charge in [0.15, 0.2) is 0 Å². The molecule has 6 aromatic carbocycles. The van der Waals surface area contributed by atoms with Crippen molar-refractivity contribution in [3.05, 3.63) is 199 Å². The number of hydrogen-bond donors (Lipinski definition) is 3. The van der Waals surface area contributed by atoms with E-state index in [1.54, 1.807) is 37.5 Å². The molecular weight excluding hydrogens is 1120 g/mol. The second kappa shape index (κ2) is 34.3. The molecule has 10 nitrogen and oxygen atoms in total. The molecule has 431 valence electrons. The van der Waals surface area contributed by atoms with Crippen molar-refractivity contribution in [1.29, 1.82) is 0 Å². The first kappa shape index (κ1) is 76.1. The van der Waals surface area contributed by atoms with E-state index in [0.717, 1.165) is 66.1 Å². The van der Waals surface area contributed by atoms with Gasteiger partial charge in [-0.2, -0.15) is 0 Å². The minimum atomic E-state index is -0.906. The number of aromatic nitrogens is 6. The molecule has 4 N–H and O–H groups in total. The Labute approximate surface area is 536 Å². The Morgan fingerprint density at radius 1 is 0.365 bits per heavy atom. The topological polar surface area (TPSA) is 161 Å². The standard InChI is InChI=1S/C11H10BNO2.2C11H12BN.C10H11BN2.C10H10BNO.C10H10BN.5CH4.Y/c1-6-5-8(11(14)15)9-10(7(6)2)13-4-3-12-9;2*1-7-6-8(2)10-11(9(7)3)13-5-4-12-10;1-6-5-8(12)9-10(7(6)2)13-4-3-11-9;1-6-5-7(2)10(13)9-8(6)11-3-4-12-9;1-7-3-4-9-10(8(7)2)12-6-5-11-9;;;;;;/h3-5H,1-2H3,(H,14,15);2*4-6H,1-3H3;3-5H,12H2,1-2H3;3-5,13H,1-2H3;3-6H,1-2H3;5*1H4;. The third-order valence-corrected chi connectivity index (χ3v) is 14.9. The maximum absolute atomic E-state index is 11.1. The molecule has 0 bridgehead atoms. The maximum atomic E-state index is 11.1. The number of benzene rings is 6. The number of nitrogens with zero attached hydrogens (tertiary/aromatic N) is 6. The van der Waals surface area contributed by atoms with Gasteiger partial charge in [0, 0.05) is 32.7 Å². The Balaban J connectivity index is 0.000000503. The second-order valence-electron chi connectivity index (χ2n) is 20.3. The average Bonchev–Trinajstić information content (AvgIpc) is 3.67. The molecule has 17 heteroatoms. The van der Waals surface area contributed by atoms with Crippen LogP contribution in [0.15, 0.2) is 115 Å². The van der Waals surface area contributed by atoms with Gasteiger partial charge in [0.2, 0.25) is 0 Å². The van der Waals surface area contributed by atoms with Gasteiger partial charge in [0.1, 0.15) is 0 Å². The van der Waals surface area contributed by atoms with Crippen LogP contribution < -0.4 is 5.73 Å². The van der Waals surface area contributed by atoms with Gasteiger partial charge in [-0.25, -0.2) is 0 Å². The fourth-order valence-electron chi connectivity index (χ4n) is 9.63. The Kier molecular flexibility index (Phi) is 30.7. The fraction of sp³-hybridized carbons (Fsp3) is 0.279. The van der Waals surface area contributed by atoms with Crippen LogP contribution in [0.5, 0.6) is 5.75 Å². The van der Waals surface area contributed by atoms with Gasteiger partial charge >= 0.3 is 470 Å². The molecule has 6 aromatic heterocycles. The van der Waals surface area contributed by atoms with Crippen molar-refractivity contribution in [3.63, 3.8) is 0 Å². The molecule has 0 saturated carbocycles. The summed E-state index contributed by atoms with van der Waals surface area (Å²) in [6.45, 7) is 41.0. The summed E-state index contributed by atoms with van der Waals surface area (Å²) >= 11 is 0. The number of hydrogen-bond acceptors (Lipinski definition) is 9. The Morgan fingerprint density at radius 3 is 1.11 bits per heavy atom. The van der Waals surface area contributed by atoms with Gasteiger partial charge in [-0.15, -0.1) is 0 Å². The predicted molar refractivity (Wildman–Crippen MR) is 372 cm³/mol. The first-order valence-corrected chi connectivity index (χ1v) is 26.4. The van der Waals surface area contributed by atoms with Crippen LogP contribution in [-0.4, -0.2) is 87.5 Å². The van der Waals surface area contributed by atoms with Crippen LogP contribution >= 0.6 is 0 Å². The molecule has 0 fully saturated rings. The first-order chi connectivity index (χ1) is 37.7. The van der Waals surface area contributed by atoms with Crippen LogP contribution in [0.2, 0.25) is 0 Å². The molecular formula is C68H85B6N7O3Y. The number of anilines is 1. The van der Waals surface area contributed by atoms with E-state index in [-0.39, 0.29) is 69.8 Å². The first-order valence-electron chi connectivity index (χ1n) is 26.4. The third-order valence-electron chi connectivity index (χ3n) is 14.9. The zero-order valence-corrected chi connectivity index (χ0v) is 51.4. The van der Waals surface area contributed by atoms with Crippen molar-refractivity contribution in [3.8, 4) is 5.75 Å². The molecule has 0 aliphatic carbocycles. The number of phenols is 1. The molecule has 6 heterocycles. The van der Waals surface area contributed by atoms with Crippen molar-refractivity contribution < 1.29 is 47.7 Å². The number of rotatable bonds is 1. The number of aromatic carboxylic acids is 1. The number of phenolic OH excluding ortho intramolecular Hbond substituents is 1. The number of nitrogen functional groups attached to an aromatic ring is 1. The van der Waals surface area contributed by atoms with Crippen molar-refractivity contribution in [2.45, 2.75) is 134 Å². The summed E-state index contributed by atoms with van der Waals surface area (Å²) in [5, 5.41) is 25.3. The quantitative estimate of drug-likeness (QED) is 0.135. The molecule has 85 heavy (non-hydrogen) atoms. The van der Waals surface area contributed by atoms with Gasteiger partial charge < -0.3 is 0 Å². The smallest absolute Gasteiger partial charge is 0 e. The van der Waals surface area contributed by atoms with E-state index in [1.165, 1.54) is 71.5 Å². The summed E-state index contributed by atoms with van der Waals surface area (Å²) in [6, 6.07) is 14.4. The Bertz CT molecular complexity index is 3890. The molecule has 1 radical (unpaired) electrons. The summed E-state index contributed by atoms with van der Waals surface area (Å²) in [5.74, 6) is 10.9. The molecule has 0 atom stereocenters. The molecule has 12 aromatic rings. The molecule has 0 unspecified atom stereocenters. The van der Waals surface area contributed by atoms with E-state index < -0.39 is 5.97 Å². The van der Waals surface area contributed by atoms with Crippen LogP contribution in [0.4, 0.5) is 5.69 Å². The SMILES string of the molecule is C.C.C.C.C.Cc1cc(C(=O)O)c2bccnc2c1C.Cc1cc(C)c2bccnc2c1C.Cc1cc(C)c2bccnc2c1C.Cc1cc(C)c2bccnc2c1O.Cc1cc(N)c2bccnc2c1C.Cc1ccc2bccnc2c1C.[Y]. The number of nitrogens with two attached hydrogens (primary N) is 1. The minimum Gasteiger partial charge on any atom is 0 e. The van der Waals surface area contributed by atoms with Gasteiger partial charge in [0.25, 0.3) is 0 Å². The monoisotopic (exact) mass is 1200 g/mol. The Hall–Kier alpha value is -6.88. The van der Waals surface area contributed by atoms with Gasteiger partial charge in [-0.3, -0.25) is 0 Å². The van der Waals surface area contributed by atoms with E-state index in [0.29, 0.717) is 22.1 Å². The number of aryl methyl sites for hydroxylation is 14. The van der Waals surface area contributed by atoms with Crippen molar-refractivity contribution in [2.24, 2.45) is 0 Å². The number of fused-ring (bicyclic) bond motifs is 6. The number of carboxylic acids is 1.